The highest BCUT2D eigenvalue weighted by Gasteiger charge is 2.28. The van der Waals surface area contributed by atoms with E-state index in [1.54, 1.807) is 14.2 Å². The molecule has 0 spiro atoms. The highest BCUT2D eigenvalue weighted by Crippen LogP contribution is 2.25. The molecule has 0 amide bonds. The van der Waals surface area contributed by atoms with Crippen LogP contribution in [0, 0.1) is 5.92 Å². The van der Waals surface area contributed by atoms with E-state index in [9.17, 15) is 5.11 Å². The molecule has 0 bridgehead atoms. The van der Waals surface area contributed by atoms with Crippen LogP contribution in [0.25, 0.3) is 0 Å². The Morgan fingerprint density at radius 2 is 1.83 bits per heavy atom. The van der Waals surface area contributed by atoms with E-state index < -0.39 is 5.60 Å². The Balaban J connectivity index is 2.62. The number of hydrogen-bond acceptors (Lipinski definition) is 3. The summed E-state index contributed by atoms with van der Waals surface area (Å²) in [5.74, 6) is 1.03. The Labute approximate surface area is 110 Å². The molecule has 0 aliphatic carbocycles. The van der Waals surface area contributed by atoms with Crippen molar-refractivity contribution in [2.24, 2.45) is 5.92 Å². The van der Waals surface area contributed by atoms with E-state index in [0.29, 0.717) is 13.0 Å². The Hall–Kier alpha value is -1.06. The van der Waals surface area contributed by atoms with Crippen molar-refractivity contribution in [3.8, 4) is 5.75 Å². The second-order valence-corrected chi connectivity index (χ2v) is 5.06. The lowest BCUT2D eigenvalue weighted by Crippen LogP contribution is -2.35. The average molecular weight is 252 g/mol. The van der Waals surface area contributed by atoms with E-state index in [4.69, 9.17) is 9.47 Å². The van der Waals surface area contributed by atoms with Gasteiger partial charge in [-0.25, -0.2) is 0 Å². The summed E-state index contributed by atoms with van der Waals surface area (Å²) in [6.07, 6.45) is 1.50. The zero-order valence-electron chi connectivity index (χ0n) is 11.8. The van der Waals surface area contributed by atoms with Crippen LogP contribution < -0.4 is 4.74 Å². The molecule has 2 unspecified atom stereocenters. The molecule has 0 saturated heterocycles. The molecule has 0 heterocycles. The summed E-state index contributed by atoms with van der Waals surface area (Å²) in [4.78, 5) is 0. The fourth-order valence-electron chi connectivity index (χ4n) is 1.94. The standard InChI is InChI=1S/C15H24O3/c1-12(9-10-17-3)15(2,16)11-13-5-7-14(18-4)8-6-13/h5-8,12,16H,9-11H2,1-4H3. The molecule has 0 aromatic heterocycles. The number of benzene rings is 1. The highest BCUT2D eigenvalue weighted by atomic mass is 16.5. The Kier molecular flexibility index (Phi) is 5.63. The molecular formula is C15H24O3. The van der Waals surface area contributed by atoms with Gasteiger partial charge in [0.2, 0.25) is 0 Å². The number of aliphatic hydroxyl groups is 1. The Morgan fingerprint density at radius 3 is 2.33 bits per heavy atom. The second-order valence-electron chi connectivity index (χ2n) is 5.06. The predicted molar refractivity (Wildman–Crippen MR) is 73.0 cm³/mol. The van der Waals surface area contributed by atoms with Crippen LogP contribution in [-0.4, -0.2) is 31.5 Å². The smallest absolute Gasteiger partial charge is 0.118 e. The molecule has 0 aliphatic heterocycles. The van der Waals surface area contributed by atoms with Crippen molar-refractivity contribution < 1.29 is 14.6 Å². The van der Waals surface area contributed by atoms with Crippen molar-refractivity contribution in [2.75, 3.05) is 20.8 Å². The Morgan fingerprint density at radius 1 is 1.22 bits per heavy atom. The van der Waals surface area contributed by atoms with Crippen molar-refractivity contribution in [1.82, 2.24) is 0 Å². The normalized spacial score (nSPS) is 16.1. The molecule has 1 N–H and O–H groups in total. The minimum Gasteiger partial charge on any atom is -0.497 e. The van der Waals surface area contributed by atoms with Gasteiger partial charge in [-0.05, 0) is 37.0 Å². The van der Waals surface area contributed by atoms with Crippen LogP contribution >= 0.6 is 0 Å². The first-order valence-electron chi connectivity index (χ1n) is 6.34. The maximum atomic E-state index is 10.5. The van der Waals surface area contributed by atoms with Gasteiger partial charge < -0.3 is 14.6 Å². The van der Waals surface area contributed by atoms with Crippen LogP contribution in [0.15, 0.2) is 24.3 Å². The topological polar surface area (TPSA) is 38.7 Å². The van der Waals surface area contributed by atoms with Gasteiger partial charge >= 0.3 is 0 Å². The molecule has 3 heteroatoms. The van der Waals surface area contributed by atoms with Crippen molar-refractivity contribution in [3.63, 3.8) is 0 Å². The summed E-state index contributed by atoms with van der Waals surface area (Å²) in [7, 11) is 3.34. The predicted octanol–water partition coefficient (Wildman–Crippen LogP) is 2.66. The molecule has 2 atom stereocenters. The lowest BCUT2D eigenvalue weighted by molar-refractivity contribution is -0.00555. The van der Waals surface area contributed by atoms with E-state index in [2.05, 4.69) is 6.92 Å². The van der Waals surface area contributed by atoms with E-state index in [1.807, 2.05) is 31.2 Å². The molecule has 0 saturated carbocycles. The van der Waals surface area contributed by atoms with Gasteiger partial charge in [0.25, 0.3) is 0 Å². The fourth-order valence-corrected chi connectivity index (χ4v) is 1.94. The van der Waals surface area contributed by atoms with Gasteiger partial charge in [0.1, 0.15) is 5.75 Å². The summed E-state index contributed by atoms with van der Waals surface area (Å²) >= 11 is 0. The summed E-state index contributed by atoms with van der Waals surface area (Å²) < 4.78 is 10.2. The summed E-state index contributed by atoms with van der Waals surface area (Å²) in [5, 5.41) is 10.5. The quantitative estimate of drug-likeness (QED) is 0.811. The van der Waals surface area contributed by atoms with Crippen LogP contribution in [0.1, 0.15) is 25.8 Å². The molecule has 0 radical (unpaired) electrons. The molecule has 1 aromatic carbocycles. The minimum absolute atomic E-state index is 0.194. The van der Waals surface area contributed by atoms with Crippen LogP contribution in [0.5, 0.6) is 5.75 Å². The van der Waals surface area contributed by atoms with E-state index in [-0.39, 0.29) is 5.92 Å². The van der Waals surface area contributed by atoms with E-state index in [1.165, 1.54) is 0 Å². The molecule has 18 heavy (non-hydrogen) atoms. The second kappa shape index (κ2) is 6.76. The van der Waals surface area contributed by atoms with Gasteiger partial charge in [-0.3, -0.25) is 0 Å². The monoisotopic (exact) mass is 252 g/mol. The van der Waals surface area contributed by atoms with Gasteiger partial charge in [-0.2, -0.15) is 0 Å². The molecule has 102 valence electrons. The first-order chi connectivity index (χ1) is 8.49. The van der Waals surface area contributed by atoms with Crippen molar-refractivity contribution in [1.29, 1.82) is 0 Å². The molecule has 0 aliphatic rings. The maximum Gasteiger partial charge on any atom is 0.118 e. The SMILES string of the molecule is COCCC(C)C(C)(O)Cc1ccc(OC)cc1. The van der Waals surface area contributed by atoms with Crippen molar-refractivity contribution in [3.05, 3.63) is 29.8 Å². The number of rotatable bonds is 7. The molecule has 0 fully saturated rings. The number of ether oxygens (including phenoxy) is 2. The van der Waals surface area contributed by atoms with Gasteiger partial charge in [0.05, 0.1) is 12.7 Å². The third kappa shape index (κ3) is 4.31. The largest absolute Gasteiger partial charge is 0.497 e. The third-order valence-electron chi connectivity index (χ3n) is 3.54. The maximum absolute atomic E-state index is 10.5. The zero-order chi connectivity index (χ0) is 13.6. The summed E-state index contributed by atoms with van der Waals surface area (Å²) in [6, 6.07) is 7.84. The van der Waals surface area contributed by atoms with E-state index >= 15 is 0 Å². The highest BCUT2D eigenvalue weighted by molar-refractivity contribution is 5.28. The molecule has 1 aromatic rings. The van der Waals surface area contributed by atoms with Gasteiger partial charge in [0.15, 0.2) is 0 Å². The molecule has 1 rings (SSSR count). The van der Waals surface area contributed by atoms with E-state index in [0.717, 1.165) is 17.7 Å². The van der Waals surface area contributed by atoms with Crippen LogP contribution in [0.2, 0.25) is 0 Å². The average Bonchev–Trinajstić information content (AvgIpc) is 2.36. The molecular weight excluding hydrogens is 228 g/mol. The third-order valence-corrected chi connectivity index (χ3v) is 3.54. The lowest BCUT2D eigenvalue weighted by Gasteiger charge is -2.30. The summed E-state index contributed by atoms with van der Waals surface area (Å²) in [6.45, 7) is 4.63. The van der Waals surface area contributed by atoms with Crippen LogP contribution in [0.3, 0.4) is 0 Å². The summed E-state index contributed by atoms with van der Waals surface area (Å²) in [5.41, 5.74) is 0.401. The van der Waals surface area contributed by atoms with Gasteiger partial charge in [-0.1, -0.05) is 19.1 Å². The fraction of sp³-hybridized carbons (Fsp3) is 0.600. The first kappa shape index (κ1) is 15.0. The van der Waals surface area contributed by atoms with Crippen molar-refractivity contribution >= 4 is 0 Å². The first-order valence-corrected chi connectivity index (χ1v) is 6.34. The van der Waals surface area contributed by atoms with Crippen LogP contribution in [0.4, 0.5) is 0 Å². The van der Waals surface area contributed by atoms with Gasteiger partial charge in [0, 0.05) is 20.1 Å². The lowest BCUT2D eigenvalue weighted by atomic mass is 9.83. The minimum atomic E-state index is -0.715. The Bertz CT molecular complexity index is 343. The van der Waals surface area contributed by atoms with Crippen molar-refractivity contribution in [2.45, 2.75) is 32.3 Å². The zero-order valence-corrected chi connectivity index (χ0v) is 11.8. The van der Waals surface area contributed by atoms with Crippen LogP contribution in [-0.2, 0) is 11.2 Å². The van der Waals surface area contributed by atoms with Gasteiger partial charge in [-0.15, -0.1) is 0 Å². The number of hydrogen-bond donors (Lipinski definition) is 1. The number of methoxy groups -OCH3 is 2. The molecule has 3 nitrogen and oxygen atoms in total.